The second-order valence-electron chi connectivity index (χ2n) is 6.23. The fourth-order valence-corrected chi connectivity index (χ4v) is 3.13. The number of carbonyl (C=O) groups excluding carboxylic acids is 2. The Balaban J connectivity index is 2.27. The highest BCUT2D eigenvalue weighted by molar-refractivity contribution is 6.08. The zero-order valence-electron chi connectivity index (χ0n) is 12.1. The van der Waals surface area contributed by atoms with Gasteiger partial charge in [0.05, 0.1) is 11.8 Å². The van der Waals surface area contributed by atoms with E-state index in [0.717, 1.165) is 10.5 Å². The molecule has 3 atom stereocenters. The van der Waals surface area contributed by atoms with Gasteiger partial charge >= 0.3 is 5.97 Å². The molecule has 20 heavy (non-hydrogen) atoms. The van der Waals surface area contributed by atoms with Crippen LogP contribution in [-0.4, -0.2) is 33.8 Å². The molecule has 0 bridgehead atoms. The van der Waals surface area contributed by atoms with Crippen molar-refractivity contribution >= 4 is 17.8 Å². The molecule has 5 nitrogen and oxygen atoms in total. The molecule has 1 saturated heterocycles. The van der Waals surface area contributed by atoms with Crippen LogP contribution in [0.4, 0.5) is 0 Å². The first kappa shape index (κ1) is 14.8. The van der Waals surface area contributed by atoms with Gasteiger partial charge in [-0.15, -0.1) is 0 Å². The van der Waals surface area contributed by atoms with E-state index in [4.69, 9.17) is 0 Å². The molecule has 2 amide bonds. The lowest BCUT2D eigenvalue weighted by atomic mass is 9.82. The van der Waals surface area contributed by atoms with E-state index in [0.29, 0.717) is 19.3 Å². The molecule has 1 aliphatic heterocycles. The van der Waals surface area contributed by atoms with Crippen molar-refractivity contribution in [3.8, 4) is 0 Å². The van der Waals surface area contributed by atoms with Crippen LogP contribution in [0.2, 0.25) is 0 Å². The van der Waals surface area contributed by atoms with Gasteiger partial charge in [0.1, 0.15) is 6.04 Å². The van der Waals surface area contributed by atoms with Crippen LogP contribution in [0.15, 0.2) is 11.6 Å². The minimum atomic E-state index is -1.09. The lowest BCUT2D eigenvalue weighted by molar-refractivity contribution is -0.155. The summed E-state index contributed by atoms with van der Waals surface area (Å²) in [7, 11) is 0. The summed E-state index contributed by atoms with van der Waals surface area (Å²) >= 11 is 0. The third kappa shape index (κ3) is 2.49. The van der Waals surface area contributed by atoms with Crippen LogP contribution < -0.4 is 0 Å². The molecule has 2 rings (SSSR count). The van der Waals surface area contributed by atoms with Gasteiger partial charge in [-0.3, -0.25) is 14.5 Å². The molecule has 1 aliphatic carbocycles. The Morgan fingerprint density at radius 2 is 1.95 bits per heavy atom. The summed E-state index contributed by atoms with van der Waals surface area (Å²) < 4.78 is 0. The first-order valence-corrected chi connectivity index (χ1v) is 7.08. The zero-order chi connectivity index (χ0) is 15.0. The van der Waals surface area contributed by atoms with Gasteiger partial charge in [-0.2, -0.15) is 0 Å². The standard InChI is InChI=1S/C15H21NO4/c1-8(2)6-12(15(19)20)16-13(17)10-5-4-9(3)7-11(10)14(16)18/h4,8,10-12H,5-7H2,1-3H3,(H,19,20)/t10-,11+,12-/m0/s1. The Bertz CT molecular complexity index is 480. The van der Waals surface area contributed by atoms with Crippen molar-refractivity contribution in [2.45, 2.75) is 46.1 Å². The summed E-state index contributed by atoms with van der Waals surface area (Å²) in [6.45, 7) is 5.72. The quantitative estimate of drug-likeness (QED) is 0.629. The van der Waals surface area contributed by atoms with Gasteiger partial charge in [-0.05, 0) is 32.1 Å². The number of nitrogens with zero attached hydrogens (tertiary/aromatic N) is 1. The van der Waals surface area contributed by atoms with Gasteiger partial charge < -0.3 is 5.11 Å². The first-order valence-electron chi connectivity index (χ1n) is 7.08. The number of imide groups is 1. The fraction of sp³-hybridized carbons (Fsp3) is 0.667. The summed E-state index contributed by atoms with van der Waals surface area (Å²) in [4.78, 5) is 37.3. The summed E-state index contributed by atoms with van der Waals surface area (Å²) in [6.07, 6.45) is 3.40. The van der Waals surface area contributed by atoms with E-state index in [1.165, 1.54) is 0 Å². The van der Waals surface area contributed by atoms with Crippen LogP contribution in [0.3, 0.4) is 0 Å². The summed E-state index contributed by atoms with van der Waals surface area (Å²) in [5.41, 5.74) is 1.10. The third-order valence-electron chi connectivity index (χ3n) is 4.15. The Hall–Kier alpha value is -1.65. The highest BCUT2D eigenvalue weighted by Crippen LogP contribution is 2.39. The van der Waals surface area contributed by atoms with E-state index < -0.39 is 12.0 Å². The van der Waals surface area contributed by atoms with Crippen LogP contribution in [0.1, 0.15) is 40.0 Å². The van der Waals surface area contributed by atoms with E-state index in [1.807, 2.05) is 26.8 Å². The predicted molar refractivity (Wildman–Crippen MR) is 72.7 cm³/mol. The fourth-order valence-electron chi connectivity index (χ4n) is 3.13. The molecule has 0 radical (unpaired) electrons. The molecule has 110 valence electrons. The minimum Gasteiger partial charge on any atom is -0.480 e. The van der Waals surface area contributed by atoms with Crippen molar-refractivity contribution in [3.05, 3.63) is 11.6 Å². The highest BCUT2D eigenvalue weighted by Gasteiger charge is 2.51. The number of hydrogen-bond donors (Lipinski definition) is 1. The number of likely N-dealkylation sites (tertiary alicyclic amines) is 1. The second-order valence-corrected chi connectivity index (χ2v) is 6.23. The molecule has 0 aromatic heterocycles. The van der Waals surface area contributed by atoms with Crippen molar-refractivity contribution in [1.29, 1.82) is 0 Å². The van der Waals surface area contributed by atoms with Gasteiger partial charge in [0.15, 0.2) is 0 Å². The first-order chi connectivity index (χ1) is 9.32. The highest BCUT2D eigenvalue weighted by atomic mass is 16.4. The lowest BCUT2D eigenvalue weighted by Gasteiger charge is -2.24. The maximum absolute atomic E-state index is 12.4. The number of fused-ring (bicyclic) bond motifs is 1. The van der Waals surface area contributed by atoms with Gasteiger partial charge in [0.25, 0.3) is 0 Å². The molecule has 1 fully saturated rings. The Labute approximate surface area is 118 Å². The Morgan fingerprint density at radius 1 is 1.35 bits per heavy atom. The lowest BCUT2D eigenvalue weighted by Crippen LogP contribution is -2.46. The van der Waals surface area contributed by atoms with E-state index in [9.17, 15) is 19.5 Å². The van der Waals surface area contributed by atoms with Crippen LogP contribution >= 0.6 is 0 Å². The zero-order valence-corrected chi connectivity index (χ0v) is 12.1. The smallest absolute Gasteiger partial charge is 0.326 e. The SMILES string of the molecule is CC1=CC[C@@H]2C(=O)N([C@@H](CC(C)C)C(=O)O)C(=O)[C@@H]2C1. The molecule has 0 saturated carbocycles. The maximum Gasteiger partial charge on any atom is 0.326 e. The number of carboxylic acids is 1. The minimum absolute atomic E-state index is 0.110. The monoisotopic (exact) mass is 279 g/mol. The molecule has 1 N–H and O–H groups in total. The Kier molecular flexibility index (Phi) is 3.97. The van der Waals surface area contributed by atoms with Crippen LogP contribution in [0.5, 0.6) is 0 Å². The molecular weight excluding hydrogens is 258 g/mol. The van der Waals surface area contributed by atoms with Crippen molar-refractivity contribution in [3.63, 3.8) is 0 Å². The van der Waals surface area contributed by atoms with Gasteiger partial charge in [-0.1, -0.05) is 25.5 Å². The molecule has 5 heteroatoms. The molecule has 0 unspecified atom stereocenters. The largest absolute Gasteiger partial charge is 0.480 e. The van der Waals surface area contributed by atoms with E-state index in [-0.39, 0.29) is 29.6 Å². The van der Waals surface area contributed by atoms with E-state index in [1.54, 1.807) is 0 Å². The number of amides is 2. The molecular formula is C15H21NO4. The van der Waals surface area contributed by atoms with Crippen molar-refractivity contribution in [1.82, 2.24) is 4.90 Å². The topological polar surface area (TPSA) is 74.7 Å². The summed E-state index contributed by atoms with van der Waals surface area (Å²) in [6, 6.07) is -1.03. The molecule has 0 aromatic carbocycles. The number of rotatable bonds is 4. The molecule has 2 aliphatic rings. The van der Waals surface area contributed by atoms with Gasteiger partial charge in [-0.25, -0.2) is 4.79 Å². The van der Waals surface area contributed by atoms with Gasteiger partial charge in [0, 0.05) is 0 Å². The number of allylic oxidation sites excluding steroid dienone is 2. The maximum atomic E-state index is 12.4. The number of aliphatic carboxylic acids is 1. The van der Waals surface area contributed by atoms with E-state index >= 15 is 0 Å². The third-order valence-corrected chi connectivity index (χ3v) is 4.15. The average molecular weight is 279 g/mol. The normalized spacial score (nSPS) is 27.6. The molecule has 1 heterocycles. The summed E-state index contributed by atoms with van der Waals surface area (Å²) in [5.74, 6) is -2.32. The van der Waals surface area contributed by atoms with Crippen molar-refractivity contribution < 1.29 is 19.5 Å². The van der Waals surface area contributed by atoms with Crippen LogP contribution in [-0.2, 0) is 14.4 Å². The predicted octanol–water partition coefficient (Wildman–Crippen LogP) is 1.83. The van der Waals surface area contributed by atoms with Crippen LogP contribution in [0, 0.1) is 17.8 Å². The second kappa shape index (κ2) is 5.38. The van der Waals surface area contributed by atoms with Crippen molar-refractivity contribution in [2.24, 2.45) is 17.8 Å². The molecule has 0 aromatic rings. The molecule has 0 spiro atoms. The van der Waals surface area contributed by atoms with E-state index in [2.05, 4.69) is 0 Å². The Morgan fingerprint density at radius 3 is 2.50 bits per heavy atom. The van der Waals surface area contributed by atoms with Crippen LogP contribution in [0.25, 0.3) is 0 Å². The number of hydrogen-bond acceptors (Lipinski definition) is 3. The number of carbonyl (C=O) groups is 3. The number of carboxylic acid groups (broad SMARTS) is 1. The van der Waals surface area contributed by atoms with Gasteiger partial charge in [0.2, 0.25) is 11.8 Å². The summed E-state index contributed by atoms with van der Waals surface area (Å²) in [5, 5.41) is 9.34. The van der Waals surface area contributed by atoms with Crippen molar-refractivity contribution in [2.75, 3.05) is 0 Å². The average Bonchev–Trinajstić information content (AvgIpc) is 2.58.